The number of esters is 1. The molecule has 0 rings (SSSR count). The number of nitriles is 1. The molecule has 0 aliphatic carbocycles. The smallest absolute Gasteiger partial charge is 0.377 e. The molecule has 0 heterocycles. The summed E-state index contributed by atoms with van der Waals surface area (Å²) in [5.41, 5.74) is -2.05. The molecule has 0 aromatic heterocycles. The van der Waals surface area contributed by atoms with E-state index < -0.39 is 23.3 Å². The molecule has 2 unspecified atom stereocenters. The first-order valence-corrected chi connectivity index (χ1v) is 5.13. The quantitative estimate of drug-likeness (QED) is 0.551. The Hall–Kier alpha value is -1.69. The number of ether oxygens (including phenoxy) is 1. The van der Waals surface area contributed by atoms with Crippen molar-refractivity contribution >= 4 is 5.97 Å². The Morgan fingerprint density at radius 1 is 1.59 bits per heavy atom. The maximum absolute atomic E-state index is 13.9. The molecule has 0 amide bonds. The van der Waals surface area contributed by atoms with Gasteiger partial charge < -0.3 is 4.74 Å². The van der Waals surface area contributed by atoms with Crippen LogP contribution >= 0.6 is 0 Å². The summed E-state index contributed by atoms with van der Waals surface area (Å²) >= 11 is 0. The summed E-state index contributed by atoms with van der Waals surface area (Å²) in [6.07, 6.45) is -0.181. The number of carbonyl (C=O) groups excluding carboxylic acids is 1. The number of hydrogen-bond acceptors (Lipinski definition) is 3. The number of rotatable bonds is 5. The standard InChI is InChI=1S/C11H14F2N2O2/c1-5-10(3,8(7-14)15-4)11(12,13)9(16)17-6-2/h8H,5-6H2,1-3H3. The first kappa shape index (κ1) is 15.3. The van der Waals surface area contributed by atoms with Gasteiger partial charge in [-0.1, -0.05) is 6.92 Å². The van der Waals surface area contributed by atoms with Crippen LogP contribution in [0.2, 0.25) is 0 Å². The van der Waals surface area contributed by atoms with Gasteiger partial charge in [0.05, 0.1) is 6.61 Å². The average molecular weight is 244 g/mol. The highest BCUT2D eigenvalue weighted by Crippen LogP contribution is 2.44. The van der Waals surface area contributed by atoms with Gasteiger partial charge in [-0.3, -0.25) is 4.85 Å². The maximum Gasteiger partial charge on any atom is 0.377 e. The second-order valence-corrected chi connectivity index (χ2v) is 3.73. The van der Waals surface area contributed by atoms with Gasteiger partial charge >= 0.3 is 17.9 Å². The minimum Gasteiger partial charge on any atom is -0.462 e. The fraction of sp³-hybridized carbons (Fsp3) is 0.727. The van der Waals surface area contributed by atoms with Crippen LogP contribution in [0.5, 0.6) is 0 Å². The van der Waals surface area contributed by atoms with Crippen LogP contribution in [0, 0.1) is 23.3 Å². The first-order chi connectivity index (χ1) is 7.81. The lowest BCUT2D eigenvalue weighted by atomic mass is 9.74. The van der Waals surface area contributed by atoms with Crippen molar-refractivity contribution in [2.24, 2.45) is 5.41 Å². The second-order valence-electron chi connectivity index (χ2n) is 3.73. The molecule has 0 aromatic rings. The molecule has 0 aliphatic rings. The van der Waals surface area contributed by atoms with E-state index in [1.165, 1.54) is 19.9 Å². The van der Waals surface area contributed by atoms with Crippen LogP contribution in [-0.4, -0.2) is 24.5 Å². The number of alkyl halides is 2. The van der Waals surface area contributed by atoms with Gasteiger partial charge in [-0.15, -0.1) is 0 Å². The van der Waals surface area contributed by atoms with E-state index >= 15 is 0 Å². The predicted octanol–water partition coefficient (Wildman–Crippen LogP) is 2.41. The number of hydrogen-bond donors (Lipinski definition) is 0. The molecule has 0 radical (unpaired) electrons. The van der Waals surface area contributed by atoms with Gasteiger partial charge in [-0.25, -0.2) is 11.4 Å². The van der Waals surface area contributed by atoms with E-state index in [0.29, 0.717) is 0 Å². The van der Waals surface area contributed by atoms with Crippen LogP contribution in [0.25, 0.3) is 4.85 Å². The maximum atomic E-state index is 13.9. The van der Waals surface area contributed by atoms with Crippen LogP contribution in [0.4, 0.5) is 8.78 Å². The highest BCUT2D eigenvalue weighted by atomic mass is 19.3. The monoisotopic (exact) mass is 244 g/mol. The lowest BCUT2D eigenvalue weighted by Gasteiger charge is -2.32. The van der Waals surface area contributed by atoms with Gasteiger partial charge in [0.25, 0.3) is 0 Å². The SMILES string of the molecule is [C-]#[N+]C(C#N)C(C)(CC)C(F)(F)C(=O)OCC. The lowest BCUT2D eigenvalue weighted by Crippen LogP contribution is -2.51. The zero-order valence-electron chi connectivity index (χ0n) is 9.96. The zero-order valence-corrected chi connectivity index (χ0v) is 9.96. The fourth-order valence-corrected chi connectivity index (χ4v) is 1.36. The topological polar surface area (TPSA) is 54.5 Å². The highest BCUT2D eigenvalue weighted by molar-refractivity contribution is 5.79. The molecule has 0 aliphatic heterocycles. The van der Waals surface area contributed by atoms with Crippen molar-refractivity contribution in [1.29, 1.82) is 5.26 Å². The van der Waals surface area contributed by atoms with E-state index in [-0.39, 0.29) is 13.0 Å². The first-order valence-electron chi connectivity index (χ1n) is 5.13. The van der Waals surface area contributed by atoms with E-state index in [1.807, 2.05) is 0 Å². The summed E-state index contributed by atoms with van der Waals surface area (Å²) < 4.78 is 32.1. The molecule has 4 nitrogen and oxygen atoms in total. The van der Waals surface area contributed by atoms with Crippen LogP contribution in [0.3, 0.4) is 0 Å². The summed E-state index contributed by atoms with van der Waals surface area (Å²) in [6, 6.07) is -0.0864. The third-order valence-electron chi connectivity index (χ3n) is 2.84. The molecule has 17 heavy (non-hydrogen) atoms. The molecule has 0 fully saturated rings. The Balaban J connectivity index is 5.45. The van der Waals surface area contributed by atoms with Gasteiger partial charge in [0.15, 0.2) is 6.07 Å². The minimum atomic E-state index is -3.86. The summed E-state index contributed by atoms with van der Waals surface area (Å²) in [6.45, 7) is 10.4. The van der Waals surface area contributed by atoms with E-state index in [9.17, 15) is 13.6 Å². The fourth-order valence-electron chi connectivity index (χ4n) is 1.36. The Labute approximate surface area is 99.0 Å². The molecule has 2 atom stereocenters. The van der Waals surface area contributed by atoms with Crippen molar-refractivity contribution in [3.8, 4) is 6.07 Å². The molecule has 0 aromatic carbocycles. The molecule has 0 bridgehead atoms. The zero-order chi connectivity index (χ0) is 13.7. The molecular formula is C11H14F2N2O2. The molecule has 0 saturated carbocycles. The van der Waals surface area contributed by atoms with Crippen LogP contribution in [-0.2, 0) is 9.53 Å². The highest BCUT2D eigenvalue weighted by Gasteiger charge is 2.63. The molecule has 6 heteroatoms. The van der Waals surface area contributed by atoms with Gasteiger partial charge in [0.2, 0.25) is 0 Å². The average Bonchev–Trinajstić information content (AvgIpc) is 2.30. The number of nitrogens with zero attached hydrogens (tertiary/aromatic N) is 2. The third-order valence-corrected chi connectivity index (χ3v) is 2.84. The second kappa shape index (κ2) is 5.58. The Morgan fingerprint density at radius 3 is 2.41 bits per heavy atom. The van der Waals surface area contributed by atoms with Crippen molar-refractivity contribution in [2.75, 3.05) is 6.61 Å². The predicted molar refractivity (Wildman–Crippen MR) is 56.0 cm³/mol. The number of carbonyl (C=O) groups is 1. The molecule has 0 spiro atoms. The normalized spacial score (nSPS) is 16.2. The Kier molecular flexibility index (Phi) is 5.03. The van der Waals surface area contributed by atoms with Gasteiger partial charge in [-0.2, -0.15) is 14.0 Å². The number of halogens is 2. The van der Waals surface area contributed by atoms with E-state index in [2.05, 4.69) is 9.58 Å². The lowest BCUT2D eigenvalue weighted by molar-refractivity contribution is -0.192. The van der Waals surface area contributed by atoms with E-state index in [1.54, 1.807) is 0 Å². The molecular weight excluding hydrogens is 230 g/mol. The minimum absolute atomic E-state index is 0.177. The van der Waals surface area contributed by atoms with Crippen molar-refractivity contribution < 1.29 is 18.3 Å². The Bertz CT molecular complexity index is 357. The van der Waals surface area contributed by atoms with Crippen molar-refractivity contribution in [2.45, 2.75) is 39.2 Å². The molecule has 94 valence electrons. The summed E-state index contributed by atoms with van der Waals surface area (Å²) in [5.74, 6) is -5.55. The van der Waals surface area contributed by atoms with Crippen LogP contribution in [0.15, 0.2) is 0 Å². The van der Waals surface area contributed by atoms with Gasteiger partial charge in [0.1, 0.15) is 5.41 Å². The van der Waals surface area contributed by atoms with Gasteiger partial charge in [0, 0.05) is 0 Å². The summed E-state index contributed by atoms with van der Waals surface area (Å²) in [7, 11) is 0. The van der Waals surface area contributed by atoms with E-state index in [4.69, 9.17) is 11.8 Å². The van der Waals surface area contributed by atoms with Crippen molar-refractivity contribution in [3.63, 3.8) is 0 Å². The Morgan fingerprint density at radius 2 is 2.12 bits per heavy atom. The largest absolute Gasteiger partial charge is 0.462 e. The summed E-state index contributed by atoms with van der Waals surface area (Å²) in [4.78, 5) is 14.1. The third kappa shape index (κ3) is 2.52. The van der Waals surface area contributed by atoms with Crippen molar-refractivity contribution in [3.05, 3.63) is 11.4 Å². The van der Waals surface area contributed by atoms with E-state index in [0.717, 1.165) is 6.92 Å². The van der Waals surface area contributed by atoms with Crippen LogP contribution in [0.1, 0.15) is 27.2 Å². The van der Waals surface area contributed by atoms with Crippen LogP contribution < -0.4 is 0 Å². The molecule has 0 saturated heterocycles. The molecule has 0 N–H and O–H groups in total. The summed E-state index contributed by atoms with van der Waals surface area (Å²) in [5, 5.41) is 8.72. The van der Waals surface area contributed by atoms with Crippen molar-refractivity contribution in [1.82, 2.24) is 0 Å². The van der Waals surface area contributed by atoms with Gasteiger partial charge in [-0.05, 0) is 20.3 Å².